The van der Waals surface area contributed by atoms with Crippen molar-refractivity contribution < 1.29 is 9.59 Å². The topological polar surface area (TPSA) is 62.3 Å². The molecular weight excluding hydrogens is 250 g/mol. The molecule has 0 atom stereocenters. The minimum absolute atomic E-state index is 0.00322. The number of rotatable bonds is 3. The third-order valence-electron chi connectivity index (χ3n) is 3.12. The van der Waals surface area contributed by atoms with Crippen molar-refractivity contribution in [2.24, 2.45) is 0 Å². The molecule has 98 valence electrons. The minimum Gasteiger partial charge on any atom is -0.353 e. The number of nitrogens with zero attached hydrogens (tertiary/aromatic N) is 2. The van der Waals surface area contributed by atoms with Crippen LogP contribution in [0.15, 0.2) is 10.9 Å². The molecule has 1 aromatic heterocycles. The van der Waals surface area contributed by atoms with Gasteiger partial charge in [-0.05, 0) is 12.8 Å². The number of thiazole rings is 1. The average molecular weight is 267 g/mol. The Morgan fingerprint density at radius 1 is 1.50 bits per heavy atom. The third-order valence-corrected chi connectivity index (χ3v) is 3.71. The molecule has 2 amide bonds. The van der Waals surface area contributed by atoms with Crippen LogP contribution in [0.3, 0.4) is 0 Å². The molecule has 1 aliphatic heterocycles. The highest BCUT2D eigenvalue weighted by atomic mass is 32.1. The maximum atomic E-state index is 12.0. The summed E-state index contributed by atoms with van der Waals surface area (Å²) in [4.78, 5) is 29.1. The van der Waals surface area contributed by atoms with Gasteiger partial charge in [0.05, 0.1) is 5.51 Å². The minimum atomic E-state index is -0.00322. The highest BCUT2D eigenvalue weighted by molar-refractivity contribution is 7.07. The molecule has 0 radical (unpaired) electrons. The highest BCUT2D eigenvalue weighted by Crippen LogP contribution is 2.14. The molecule has 6 heteroatoms. The number of likely N-dealkylation sites (tertiary alicyclic amines) is 1. The molecule has 1 saturated heterocycles. The van der Waals surface area contributed by atoms with Crippen molar-refractivity contribution in [1.82, 2.24) is 15.2 Å². The standard InChI is InChI=1S/C12H17N3O2S/c1-2-11(16)14-9-3-5-15(6-4-9)12(17)10-7-18-8-13-10/h7-9H,2-6H2,1H3,(H,14,16). The first-order valence-corrected chi connectivity index (χ1v) is 7.11. The molecule has 1 N–H and O–H groups in total. The molecule has 0 bridgehead atoms. The molecule has 2 rings (SSSR count). The molecular formula is C12H17N3O2S. The lowest BCUT2D eigenvalue weighted by Gasteiger charge is -2.31. The van der Waals surface area contributed by atoms with Crippen LogP contribution in [0.2, 0.25) is 0 Å². The summed E-state index contributed by atoms with van der Waals surface area (Å²) >= 11 is 1.43. The van der Waals surface area contributed by atoms with E-state index in [1.165, 1.54) is 11.3 Å². The summed E-state index contributed by atoms with van der Waals surface area (Å²) in [6.07, 6.45) is 2.15. The molecule has 5 nitrogen and oxygen atoms in total. The van der Waals surface area contributed by atoms with E-state index in [-0.39, 0.29) is 17.9 Å². The molecule has 0 aliphatic carbocycles. The van der Waals surface area contributed by atoms with Gasteiger partial charge in [-0.3, -0.25) is 9.59 Å². The van der Waals surface area contributed by atoms with Crippen molar-refractivity contribution in [3.63, 3.8) is 0 Å². The molecule has 1 aliphatic rings. The predicted octanol–water partition coefficient (Wildman–Crippen LogP) is 1.27. The van der Waals surface area contributed by atoms with Gasteiger partial charge in [0.15, 0.2) is 0 Å². The predicted molar refractivity (Wildman–Crippen MR) is 69.5 cm³/mol. The summed E-state index contributed by atoms with van der Waals surface area (Å²) in [7, 11) is 0. The van der Waals surface area contributed by atoms with Gasteiger partial charge in [0, 0.05) is 30.9 Å². The van der Waals surface area contributed by atoms with Crippen molar-refractivity contribution >= 4 is 23.2 Å². The van der Waals surface area contributed by atoms with Gasteiger partial charge in [-0.1, -0.05) is 6.92 Å². The summed E-state index contributed by atoms with van der Waals surface area (Å²) < 4.78 is 0. The first kappa shape index (κ1) is 13.0. The fraction of sp³-hybridized carbons (Fsp3) is 0.583. The van der Waals surface area contributed by atoms with E-state index < -0.39 is 0 Å². The average Bonchev–Trinajstić information content (AvgIpc) is 2.92. The molecule has 0 unspecified atom stereocenters. The van der Waals surface area contributed by atoms with Crippen LogP contribution in [0.25, 0.3) is 0 Å². The van der Waals surface area contributed by atoms with E-state index in [1.54, 1.807) is 10.9 Å². The summed E-state index contributed by atoms with van der Waals surface area (Å²) in [5.41, 5.74) is 2.19. The second kappa shape index (κ2) is 5.95. The van der Waals surface area contributed by atoms with E-state index >= 15 is 0 Å². The largest absolute Gasteiger partial charge is 0.353 e. The van der Waals surface area contributed by atoms with Crippen LogP contribution in [0.1, 0.15) is 36.7 Å². The molecule has 1 aromatic rings. The van der Waals surface area contributed by atoms with Crippen molar-refractivity contribution in [1.29, 1.82) is 0 Å². The van der Waals surface area contributed by atoms with Crippen LogP contribution in [-0.4, -0.2) is 40.8 Å². The summed E-state index contributed by atoms with van der Waals surface area (Å²) in [6, 6.07) is 0.205. The van der Waals surface area contributed by atoms with E-state index in [2.05, 4.69) is 10.3 Å². The van der Waals surface area contributed by atoms with Gasteiger partial charge in [0.2, 0.25) is 5.91 Å². The number of hydrogen-bond acceptors (Lipinski definition) is 4. The van der Waals surface area contributed by atoms with Crippen LogP contribution in [0.4, 0.5) is 0 Å². The van der Waals surface area contributed by atoms with Crippen molar-refractivity contribution in [3.05, 3.63) is 16.6 Å². The third kappa shape index (κ3) is 3.07. The highest BCUT2D eigenvalue weighted by Gasteiger charge is 2.24. The van der Waals surface area contributed by atoms with E-state index in [0.29, 0.717) is 25.2 Å². The Labute approximate surface area is 110 Å². The number of carbonyl (C=O) groups excluding carboxylic acids is 2. The van der Waals surface area contributed by atoms with Crippen molar-refractivity contribution in [3.8, 4) is 0 Å². The second-order valence-electron chi connectivity index (χ2n) is 4.36. The van der Waals surface area contributed by atoms with Crippen molar-refractivity contribution in [2.75, 3.05) is 13.1 Å². The lowest BCUT2D eigenvalue weighted by Crippen LogP contribution is -2.46. The smallest absolute Gasteiger partial charge is 0.273 e. The Hall–Kier alpha value is -1.43. The molecule has 0 aromatic carbocycles. The Morgan fingerprint density at radius 2 is 2.22 bits per heavy atom. The number of piperidine rings is 1. The first-order chi connectivity index (χ1) is 8.70. The van der Waals surface area contributed by atoms with E-state index in [9.17, 15) is 9.59 Å². The number of nitrogens with one attached hydrogen (secondary N) is 1. The van der Waals surface area contributed by atoms with Crippen LogP contribution >= 0.6 is 11.3 Å². The molecule has 0 spiro atoms. The number of aromatic nitrogens is 1. The van der Waals surface area contributed by atoms with Gasteiger partial charge in [-0.2, -0.15) is 0 Å². The quantitative estimate of drug-likeness (QED) is 0.897. The van der Waals surface area contributed by atoms with Gasteiger partial charge >= 0.3 is 0 Å². The summed E-state index contributed by atoms with van der Waals surface area (Å²) in [6.45, 7) is 3.21. The first-order valence-electron chi connectivity index (χ1n) is 6.17. The van der Waals surface area contributed by atoms with Gasteiger partial charge in [-0.25, -0.2) is 4.98 Å². The zero-order valence-electron chi connectivity index (χ0n) is 10.4. The molecule has 0 saturated carbocycles. The number of carbonyl (C=O) groups is 2. The normalized spacial score (nSPS) is 16.6. The Bertz CT molecular complexity index is 411. The Balaban J connectivity index is 1.83. The lowest BCUT2D eigenvalue weighted by atomic mass is 10.0. The monoisotopic (exact) mass is 267 g/mol. The van der Waals surface area contributed by atoms with E-state index in [0.717, 1.165) is 12.8 Å². The molecule has 1 fully saturated rings. The van der Waals surface area contributed by atoms with Gasteiger partial charge in [0.25, 0.3) is 5.91 Å². The number of hydrogen-bond donors (Lipinski definition) is 1. The SMILES string of the molecule is CCC(=O)NC1CCN(C(=O)c2cscn2)CC1. The lowest BCUT2D eigenvalue weighted by molar-refractivity contribution is -0.121. The fourth-order valence-corrected chi connectivity index (χ4v) is 2.56. The summed E-state index contributed by atoms with van der Waals surface area (Å²) in [5, 5.41) is 4.74. The molecule has 18 heavy (non-hydrogen) atoms. The van der Waals surface area contributed by atoms with E-state index in [1.807, 2.05) is 11.8 Å². The Morgan fingerprint density at radius 3 is 2.78 bits per heavy atom. The summed E-state index contributed by atoms with van der Waals surface area (Å²) in [5.74, 6) is 0.0794. The maximum absolute atomic E-state index is 12.0. The zero-order valence-corrected chi connectivity index (χ0v) is 11.2. The van der Waals surface area contributed by atoms with Crippen LogP contribution in [0, 0.1) is 0 Å². The fourth-order valence-electron chi connectivity index (χ4n) is 2.04. The van der Waals surface area contributed by atoms with Crippen molar-refractivity contribution in [2.45, 2.75) is 32.2 Å². The molecule has 2 heterocycles. The number of amides is 2. The van der Waals surface area contributed by atoms with Crippen LogP contribution < -0.4 is 5.32 Å². The Kier molecular flexibility index (Phi) is 4.30. The van der Waals surface area contributed by atoms with Gasteiger partial charge in [-0.15, -0.1) is 11.3 Å². The van der Waals surface area contributed by atoms with Crippen LogP contribution in [-0.2, 0) is 4.79 Å². The van der Waals surface area contributed by atoms with Gasteiger partial charge < -0.3 is 10.2 Å². The van der Waals surface area contributed by atoms with E-state index in [4.69, 9.17) is 0 Å². The zero-order chi connectivity index (χ0) is 13.0. The van der Waals surface area contributed by atoms with Gasteiger partial charge in [0.1, 0.15) is 5.69 Å². The maximum Gasteiger partial charge on any atom is 0.273 e. The van der Waals surface area contributed by atoms with Crippen LogP contribution in [0.5, 0.6) is 0 Å². The second-order valence-corrected chi connectivity index (χ2v) is 5.08.